The minimum Gasteiger partial charge on any atom is -0.484 e. The zero-order valence-corrected chi connectivity index (χ0v) is 25.2. The molecule has 4 rings (SSSR count). The molecule has 2 heterocycles. The van der Waals surface area contributed by atoms with Crippen LogP contribution in [0.25, 0.3) is 0 Å². The van der Waals surface area contributed by atoms with Crippen LogP contribution in [0.2, 0.25) is 0 Å². The van der Waals surface area contributed by atoms with E-state index < -0.39 is 0 Å². The molecule has 8 heteroatoms. The first-order valence-corrected chi connectivity index (χ1v) is 15.1. The number of aryl methyl sites for hydroxylation is 1. The molecule has 0 N–H and O–H groups in total. The average Bonchev–Trinajstić information content (AvgIpc) is 2.99. The summed E-state index contributed by atoms with van der Waals surface area (Å²) in [7, 11) is 0. The summed E-state index contributed by atoms with van der Waals surface area (Å²) in [5.41, 5.74) is 2.88. The van der Waals surface area contributed by atoms with Gasteiger partial charge in [0.1, 0.15) is 5.75 Å². The van der Waals surface area contributed by atoms with Gasteiger partial charge < -0.3 is 19.4 Å². The maximum absolute atomic E-state index is 13.8. The third kappa shape index (κ3) is 8.32. The van der Waals surface area contributed by atoms with E-state index in [1.54, 1.807) is 6.92 Å². The zero-order chi connectivity index (χ0) is 29.4. The number of fused-ring (bicyclic) bond motifs is 1. The van der Waals surface area contributed by atoms with Gasteiger partial charge in [0.25, 0.3) is 5.91 Å². The summed E-state index contributed by atoms with van der Waals surface area (Å²) in [6.45, 7) is 12.7. The van der Waals surface area contributed by atoms with E-state index in [1.165, 1.54) is 0 Å². The summed E-state index contributed by atoms with van der Waals surface area (Å²) in [4.78, 5) is 47.4. The van der Waals surface area contributed by atoms with Gasteiger partial charge in [-0.25, -0.2) is 0 Å². The highest BCUT2D eigenvalue weighted by Crippen LogP contribution is 2.29. The average molecular weight is 563 g/mol. The van der Waals surface area contributed by atoms with Crippen LogP contribution in [0.5, 0.6) is 5.75 Å². The fraction of sp³-hybridized carbons (Fsp3) is 0.545. The number of likely N-dealkylation sites (tertiary alicyclic amines) is 1. The third-order valence-electron chi connectivity index (χ3n) is 8.45. The molecular formula is C33H46N4O4. The SMILES string of the molecule is CC(=O)N1CCC(CC(=O)N2CCN(C(C)C)CCCN(C(=O)COc3ccccc3)c3c(C)cccc3C2)CC1. The van der Waals surface area contributed by atoms with Crippen LogP contribution in [0.15, 0.2) is 48.5 Å². The number of rotatable bonds is 6. The first kappa shape index (κ1) is 30.6. The Bertz CT molecular complexity index is 1180. The van der Waals surface area contributed by atoms with E-state index in [4.69, 9.17) is 4.74 Å². The Balaban J connectivity index is 1.57. The Morgan fingerprint density at radius 3 is 2.27 bits per heavy atom. The van der Waals surface area contributed by atoms with Crippen LogP contribution in [0.3, 0.4) is 0 Å². The van der Waals surface area contributed by atoms with Gasteiger partial charge in [0.2, 0.25) is 11.8 Å². The zero-order valence-electron chi connectivity index (χ0n) is 25.2. The van der Waals surface area contributed by atoms with Crippen molar-refractivity contribution < 1.29 is 19.1 Å². The largest absolute Gasteiger partial charge is 0.484 e. The van der Waals surface area contributed by atoms with E-state index in [1.807, 2.05) is 70.2 Å². The lowest BCUT2D eigenvalue weighted by molar-refractivity contribution is -0.134. The summed E-state index contributed by atoms with van der Waals surface area (Å²) in [5.74, 6) is 1.11. The molecule has 2 aromatic rings. The van der Waals surface area contributed by atoms with E-state index in [0.717, 1.165) is 62.3 Å². The number of nitrogens with zero attached hydrogens (tertiary/aromatic N) is 4. The molecule has 0 bridgehead atoms. The van der Waals surface area contributed by atoms with Gasteiger partial charge in [0, 0.05) is 65.2 Å². The smallest absolute Gasteiger partial charge is 0.264 e. The molecule has 0 radical (unpaired) electrons. The molecule has 0 unspecified atom stereocenters. The lowest BCUT2D eigenvalue weighted by Crippen LogP contribution is -2.43. The molecule has 3 amide bonds. The van der Waals surface area contributed by atoms with Gasteiger partial charge in [-0.2, -0.15) is 0 Å². The second kappa shape index (κ2) is 14.5. The normalized spacial score (nSPS) is 17.6. The summed E-state index contributed by atoms with van der Waals surface area (Å²) >= 11 is 0. The van der Waals surface area contributed by atoms with Crippen molar-refractivity contribution in [1.82, 2.24) is 14.7 Å². The molecule has 41 heavy (non-hydrogen) atoms. The van der Waals surface area contributed by atoms with Gasteiger partial charge in [0.05, 0.1) is 5.69 Å². The lowest BCUT2D eigenvalue weighted by Gasteiger charge is -2.33. The summed E-state index contributed by atoms with van der Waals surface area (Å²) in [5, 5.41) is 0. The van der Waals surface area contributed by atoms with Gasteiger partial charge in [-0.3, -0.25) is 19.3 Å². The van der Waals surface area contributed by atoms with Crippen LogP contribution in [-0.2, 0) is 20.9 Å². The molecule has 2 aliphatic rings. The van der Waals surface area contributed by atoms with Crippen LogP contribution >= 0.6 is 0 Å². The topological polar surface area (TPSA) is 73.4 Å². The van der Waals surface area contributed by atoms with Crippen molar-refractivity contribution in [2.75, 3.05) is 50.8 Å². The molecule has 0 aliphatic carbocycles. The second-order valence-electron chi connectivity index (χ2n) is 11.7. The van der Waals surface area contributed by atoms with Gasteiger partial charge in [0.15, 0.2) is 6.61 Å². The molecule has 0 aromatic heterocycles. The quantitative estimate of drug-likeness (QED) is 0.519. The monoisotopic (exact) mass is 562 g/mol. The Labute approximate surface area is 245 Å². The number of carbonyl (C=O) groups is 3. The summed E-state index contributed by atoms with van der Waals surface area (Å²) < 4.78 is 5.86. The van der Waals surface area contributed by atoms with E-state index in [0.29, 0.717) is 37.8 Å². The van der Waals surface area contributed by atoms with E-state index in [-0.39, 0.29) is 30.2 Å². The lowest BCUT2D eigenvalue weighted by atomic mass is 9.92. The number of ether oxygens (including phenoxy) is 1. The Kier molecular flexibility index (Phi) is 10.8. The molecule has 1 saturated heterocycles. The highest BCUT2D eigenvalue weighted by atomic mass is 16.5. The van der Waals surface area contributed by atoms with Crippen molar-refractivity contribution in [2.45, 2.75) is 66.0 Å². The first-order chi connectivity index (χ1) is 19.7. The van der Waals surface area contributed by atoms with Crippen LogP contribution in [-0.4, -0.2) is 84.3 Å². The standard InChI is InChI=1S/C33H46N4O4/c1-25(2)34-16-9-17-37(32(40)24-41-30-12-6-5-7-13-30)33-26(3)10-8-11-29(33)23-36(21-20-34)31(39)22-28-14-18-35(19-15-28)27(4)38/h5-8,10-13,25,28H,9,14-24H2,1-4H3. The maximum atomic E-state index is 13.8. The maximum Gasteiger partial charge on any atom is 0.264 e. The summed E-state index contributed by atoms with van der Waals surface area (Å²) in [6.07, 6.45) is 3.03. The Morgan fingerprint density at radius 1 is 0.854 bits per heavy atom. The van der Waals surface area contributed by atoms with E-state index in [9.17, 15) is 14.4 Å². The van der Waals surface area contributed by atoms with Crippen LogP contribution in [0.4, 0.5) is 5.69 Å². The van der Waals surface area contributed by atoms with Gasteiger partial charge >= 0.3 is 0 Å². The van der Waals surface area contributed by atoms with Gasteiger partial charge in [-0.05, 0) is 69.2 Å². The van der Waals surface area contributed by atoms with Crippen molar-refractivity contribution >= 4 is 23.4 Å². The fourth-order valence-electron chi connectivity index (χ4n) is 5.97. The first-order valence-electron chi connectivity index (χ1n) is 15.1. The Morgan fingerprint density at radius 2 is 1.59 bits per heavy atom. The Hall–Kier alpha value is -3.39. The molecule has 8 nitrogen and oxygen atoms in total. The number of anilines is 1. The van der Waals surface area contributed by atoms with Crippen LogP contribution in [0, 0.1) is 12.8 Å². The number of carbonyl (C=O) groups excluding carboxylic acids is 3. The molecule has 0 spiro atoms. The molecule has 2 aromatic carbocycles. The van der Waals surface area contributed by atoms with Crippen molar-refractivity contribution in [3.05, 3.63) is 59.7 Å². The van der Waals surface area contributed by atoms with Crippen LogP contribution in [0.1, 0.15) is 57.6 Å². The number of hydrogen-bond acceptors (Lipinski definition) is 5. The number of benzene rings is 2. The van der Waals surface area contributed by atoms with Crippen molar-refractivity contribution in [1.29, 1.82) is 0 Å². The van der Waals surface area contributed by atoms with Gasteiger partial charge in [-0.1, -0.05) is 36.4 Å². The number of hydrogen-bond donors (Lipinski definition) is 0. The number of piperidine rings is 1. The molecule has 2 aliphatic heterocycles. The van der Waals surface area contributed by atoms with Gasteiger partial charge in [-0.15, -0.1) is 0 Å². The fourth-order valence-corrected chi connectivity index (χ4v) is 5.97. The van der Waals surface area contributed by atoms with Crippen molar-refractivity contribution in [2.24, 2.45) is 5.92 Å². The highest BCUT2D eigenvalue weighted by Gasteiger charge is 2.28. The minimum absolute atomic E-state index is 0.0483. The second-order valence-corrected chi connectivity index (χ2v) is 11.7. The molecule has 1 fully saturated rings. The third-order valence-corrected chi connectivity index (χ3v) is 8.45. The highest BCUT2D eigenvalue weighted by molar-refractivity contribution is 5.96. The minimum atomic E-state index is -0.0881. The van der Waals surface area contributed by atoms with E-state index >= 15 is 0 Å². The predicted molar refractivity (Wildman–Crippen MR) is 162 cm³/mol. The van der Waals surface area contributed by atoms with Crippen LogP contribution < -0.4 is 9.64 Å². The van der Waals surface area contributed by atoms with Crippen molar-refractivity contribution in [3.8, 4) is 5.75 Å². The van der Waals surface area contributed by atoms with E-state index in [2.05, 4.69) is 18.7 Å². The molecule has 0 atom stereocenters. The molecular weight excluding hydrogens is 516 g/mol. The predicted octanol–water partition coefficient (Wildman–Crippen LogP) is 4.50. The number of para-hydroxylation sites is 2. The molecule has 222 valence electrons. The molecule has 0 saturated carbocycles. The van der Waals surface area contributed by atoms with Crippen molar-refractivity contribution in [3.63, 3.8) is 0 Å². The number of amides is 3. The summed E-state index contributed by atoms with van der Waals surface area (Å²) in [6, 6.07) is 15.8.